The van der Waals surface area contributed by atoms with E-state index < -0.39 is 25.3 Å². The van der Waals surface area contributed by atoms with Gasteiger partial charge in [-0.1, -0.05) is 109 Å². The number of aromatic nitrogens is 4. The zero-order valence-electron chi connectivity index (χ0n) is 25.7. The summed E-state index contributed by atoms with van der Waals surface area (Å²) in [6.07, 6.45) is 1.88. The molecular formula is C36H31ClN6O4P+. The Kier molecular flexibility index (Phi) is 9.34. The van der Waals surface area contributed by atoms with Crippen LogP contribution < -0.4 is 5.32 Å². The van der Waals surface area contributed by atoms with Crippen LogP contribution in [0.25, 0.3) is 11.2 Å². The fraction of sp³-hybridized carbons (Fsp3) is 0.167. The third-order valence-corrected chi connectivity index (χ3v) is 9.14. The van der Waals surface area contributed by atoms with Crippen LogP contribution in [-0.4, -0.2) is 56.1 Å². The van der Waals surface area contributed by atoms with Gasteiger partial charge in [-0.25, -0.2) is 15.0 Å². The van der Waals surface area contributed by atoms with Gasteiger partial charge >= 0.3 is 7.38 Å². The van der Waals surface area contributed by atoms with Crippen LogP contribution in [0.15, 0.2) is 134 Å². The number of carbonyl (C=O) groups is 1. The van der Waals surface area contributed by atoms with Gasteiger partial charge in [-0.3, -0.25) is 14.3 Å². The van der Waals surface area contributed by atoms with Gasteiger partial charge in [-0.2, -0.15) is 0 Å². The van der Waals surface area contributed by atoms with Gasteiger partial charge in [0.05, 0.1) is 11.9 Å². The van der Waals surface area contributed by atoms with E-state index in [1.807, 2.05) is 65.2 Å². The highest BCUT2D eigenvalue weighted by Crippen LogP contribution is 2.45. The van der Waals surface area contributed by atoms with Crippen molar-refractivity contribution in [3.05, 3.63) is 156 Å². The molecule has 0 spiro atoms. The number of rotatable bonds is 10. The van der Waals surface area contributed by atoms with Gasteiger partial charge in [0.1, 0.15) is 25.3 Å². The Bertz CT molecular complexity index is 1920. The standard InChI is InChI=1S/C36H30ClN6O4P/c37-48(45)46-23-30-21-42(36(27-15-7-2-8-16-27,28-17-9-3-10-18-28)29-19-11-4-12-20-29)22-31(47-30)43-25-40-32-33(38-24-39-34(32)43)41-35(44)26-13-5-1-6-14-26/h1-20,24-25,30-31H,21-23H2/p+1/t30-,31+/m0/s1. The first-order valence-electron chi connectivity index (χ1n) is 15.4. The molecule has 0 aliphatic carbocycles. The van der Waals surface area contributed by atoms with Crippen LogP contribution in [0.1, 0.15) is 33.3 Å². The molecule has 1 unspecified atom stereocenters. The van der Waals surface area contributed by atoms with E-state index in [4.69, 9.17) is 20.5 Å². The van der Waals surface area contributed by atoms with Crippen LogP contribution in [-0.2, 0) is 19.4 Å². The first-order valence-corrected chi connectivity index (χ1v) is 17.5. The Labute approximate surface area is 283 Å². The van der Waals surface area contributed by atoms with Crippen molar-refractivity contribution in [3.63, 3.8) is 0 Å². The molecule has 7 rings (SSSR count). The summed E-state index contributed by atoms with van der Waals surface area (Å²) in [7, 11) is -2.38. The molecule has 48 heavy (non-hydrogen) atoms. The second kappa shape index (κ2) is 14.1. The van der Waals surface area contributed by atoms with Gasteiger partial charge in [0.25, 0.3) is 5.91 Å². The monoisotopic (exact) mass is 677 g/mol. The summed E-state index contributed by atoms with van der Waals surface area (Å²) >= 11 is 5.78. The molecule has 1 amide bonds. The van der Waals surface area contributed by atoms with Gasteiger partial charge in [-0.05, 0) is 33.4 Å². The third-order valence-electron chi connectivity index (χ3n) is 8.50. The maximum Gasteiger partial charge on any atom is 0.633 e. The minimum atomic E-state index is -2.38. The lowest BCUT2D eigenvalue weighted by molar-refractivity contribution is -0.144. The molecule has 6 aromatic rings. The van der Waals surface area contributed by atoms with E-state index in [9.17, 15) is 9.36 Å². The number of imidazole rings is 1. The number of hydrogen-bond donors (Lipinski definition) is 1. The Morgan fingerprint density at radius 3 is 1.96 bits per heavy atom. The van der Waals surface area contributed by atoms with E-state index in [-0.39, 0.29) is 18.3 Å². The summed E-state index contributed by atoms with van der Waals surface area (Å²) in [5.74, 6) is -0.0255. The molecule has 12 heteroatoms. The number of fused-ring (bicyclic) bond motifs is 1. The Morgan fingerprint density at radius 2 is 1.40 bits per heavy atom. The molecule has 1 saturated heterocycles. The highest BCUT2D eigenvalue weighted by Gasteiger charge is 2.47. The molecule has 1 N–H and O–H groups in total. The van der Waals surface area contributed by atoms with Crippen molar-refractivity contribution in [2.75, 3.05) is 25.0 Å². The Hall–Kier alpha value is -4.83. The summed E-state index contributed by atoms with van der Waals surface area (Å²) in [5.41, 5.74) is 3.83. The minimum absolute atomic E-state index is 0.000148. The number of ether oxygens (including phenoxy) is 1. The maximum atomic E-state index is 13.0. The molecule has 2 aromatic heterocycles. The lowest BCUT2D eigenvalue weighted by Crippen LogP contribution is -2.57. The van der Waals surface area contributed by atoms with Crippen LogP contribution in [0.5, 0.6) is 0 Å². The van der Waals surface area contributed by atoms with E-state index in [0.29, 0.717) is 29.8 Å². The van der Waals surface area contributed by atoms with Crippen LogP contribution in [0, 0.1) is 0 Å². The number of anilines is 1. The van der Waals surface area contributed by atoms with Gasteiger partial charge < -0.3 is 10.1 Å². The number of morpholine rings is 1. The average molecular weight is 678 g/mol. The predicted molar refractivity (Wildman–Crippen MR) is 184 cm³/mol. The predicted octanol–water partition coefficient (Wildman–Crippen LogP) is 7.18. The van der Waals surface area contributed by atoms with E-state index >= 15 is 0 Å². The zero-order valence-corrected chi connectivity index (χ0v) is 27.3. The van der Waals surface area contributed by atoms with E-state index in [0.717, 1.165) is 16.7 Å². The van der Waals surface area contributed by atoms with Crippen molar-refractivity contribution in [3.8, 4) is 0 Å². The van der Waals surface area contributed by atoms with E-state index in [1.165, 1.54) is 6.33 Å². The highest BCUT2D eigenvalue weighted by molar-refractivity contribution is 7.69. The minimum Gasteiger partial charge on any atom is -0.349 e. The van der Waals surface area contributed by atoms with E-state index in [2.05, 4.69) is 61.6 Å². The summed E-state index contributed by atoms with van der Waals surface area (Å²) in [5, 5.41) is 2.87. The topological polar surface area (TPSA) is 111 Å². The molecule has 1 aliphatic rings. The lowest BCUT2D eigenvalue weighted by Gasteiger charge is -2.50. The molecule has 0 saturated carbocycles. The summed E-state index contributed by atoms with van der Waals surface area (Å²) in [4.78, 5) is 28.9. The molecule has 3 atom stereocenters. The highest BCUT2D eigenvalue weighted by atomic mass is 35.7. The van der Waals surface area contributed by atoms with Crippen molar-refractivity contribution >= 4 is 41.5 Å². The van der Waals surface area contributed by atoms with Crippen LogP contribution in [0.2, 0.25) is 0 Å². The average Bonchev–Trinajstić information content (AvgIpc) is 3.58. The number of nitrogens with one attached hydrogen (secondary N) is 1. The van der Waals surface area contributed by atoms with Crippen molar-refractivity contribution < 1.29 is 18.6 Å². The first kappa shape index (κ1) is 31.8. The van der Waals surface area contributed by atoms with Crippen molar-refractivity contribution in [1.82, 2.24) is 24.4 Å². The summed E-state index contributed by atoms with van der Waals surface area (Å²) < 4.78 is 25.8. The Morgan fingerprint density at radius 1 is 0.833 bits per heavy atom. The fourth-order valence-corrected chi connectivity index (χ4v) is 6.94. The van der Waals surface area contributed by atoms with Gasteiger partial charge in [-0.15, -0.1) is 4.52 Å². The fourth-order valence-electron chi connectivity index (χ4n) is 6.49. The normalized spacial score (nSPS) is 17.2. The van der Waals surface area contributed by atoms with Crippen LogP contribution in [0.3, 0.4) is 0 Å². The van der Waals surface area contributed by atoms with Gasteiger partial charge in [0, 0.05) is 18.7 Å². The smallest absolute Gasteiger partial charge is 0.349 e. The second-order valence-electron chi connectivity index (χ2n) is 11.3. The number of nitrogens with zero attached hydrogens (tertiary/aromatic N) is 5. The maximum absolute atomic E-state index is 13.0. The van der Waals surface area contributed by atoms with Crippen LogP contribution >= 0.6 is 18.6 Å². The molecule has 0 bridgehead atoms. The van der Waals surface area contributed by atoms with Gasteiger partial charge in [0.2, 0.25) is 11.2 Å². The Balaban J connectivity index is 1.34. The van der Waals surface area contributed by atoms with Crippen LogP contribution in [0.4, 0.5) is 5.82 Å². The van der Waals surface area contributed by atoms with Gasteiger partial charge in [0.15, 0.2) is 17.0 Å². The van der Waals surface area contributed by atoms with Crippen molar-refractivity contribution in [1.29, 1.82) is 0 Å². The number of halogens is 1. The first-order chi connectivity index (χ1) is 23.5. The lowest BCUT2D eigenvalue weighted by atomic mass is 9.75. The molecule has 1 aliphatic heterocycles. The molecule has 3 heterocycles. The molecule has 4 aromatic carbocycles. The molecular weight excluding hydrogens is 647 g/mol. The van der Waals surface area contributed by atoms with Crippen molar-refractivity contribution in [2.45, 2.75) is 17.9 Å². The molecule has 0 radical (unpaired) electrons. The second-order valence-corrected chi connectivity index (χ2v) is 12.8. The van der Waals surface area contributed by atoms with Crippen molar-refractivity contribution in [2.24, 2.45) is 0 Å². The quantitative estimate of drug-likeness (QED) is 0.120. The molecule has 10 nitrogen and oxygen atoms in total. The number of benzene rings is 4. The third kappa shape index (κ3) is 6.24. The number of amides is 1. The molecule has 240 valence electrons. The summed E-state index contributed by atoms with van der Waals surface area (Å²) in [6, 6.07) is 39.9. The zero-order chi connectivity index (χ0) is 32.9. The largest absolute Gasteiger partial charge is 0.633 e. The number of carbonyl (C=O) groups excluding carboxylic acids is 1. The van der Waals surface area contributed by atoms with E-state index in [1.54, 1.807) is 30.6 Å². The molecule has 1 fully saturated rings. The summed E-state index contributed by atoms with van der Waals surface area (Å²) in [6.45, 7) is 0.832. The number of hydrogen-bond acceptors (Lipinski definition) is 8. The SMILES string of the molecule is O=C(Nc1ncnc2c1ncn2[C@H]1CN(C(c2ccccc2)(c2ccccc2)c2ccccc2)C[C@@H](CO[P+](=O)Cl)O1)c1ccccc1.